The Hall–Kier alpha value is -2.76. The number of aliphatic hydroxyl groups excluding tert-OH is 1. The minimum atomic E-state index is -3.92. The molecule has 10 nitrogen and oxygen atoms in total. The second-order valence-corrected chi connectivity index (χ2v) is 12.8. The number of nitrogens with zero attached hydrogens (tertiary/aromatic N) is 2. The number of furan rings is 1. The summed E-state index contributed by atoms with van der Waals surface area (Å²) in [5.74, 6) is -0.748. The number of β-amino-alcohol motifs (C(OH)–C–C–N with tert-alkyl or cyclic N) is 1. The molecular formula is C27H38N4O6S. The van der Waals surface area contributed by atoms with Crippen molar-refractivity contribution in [3.05, 3.63) is 48.6 Å². The molecule has 208 valence electrons. The van der Waals surface area contributed by atoms with Crippen LogP contribution >= 0.6 is 0 Å². The Bertz CT molecular complexity index is 1180. The molecule has 2 amide bonds. The van der Waals surface area contributed by atoms with Gasteiger partial charge in [0.15, 0.2) is 10.8 Å². The van der Waals surface area contributed by atoms with E-state index >= 15 is 0 Å². The maximum absolute atomic E-state index is 13.6. The van der Waals surface area contributed by atoms with Crippen LogP contribution in [-0.2, 0) is 14.8 Å². The predicted octanol–water partition coefficient (Wildman–Crippen LogP) is 2.85. The average Bonchev–Trinajstić information content (AvgIpc) is 3.40. The van der Waals surface area contributed by atoms with Crippen LogP contribution in [0.2, 0.25) is 0 Å². The number of carbonyl (C=O) groups is 2. The number of pyridine rings is 1. The van der Waals surface area contributed by atoms with Gasteiger partial charge in [-0.2, -0.15) is 4.31 Å². The van der Waals surface area contributed by atoms with E-state index in [1.54, 1.807) is 31.2 Å². The molecule has 3 heterocycles. The number of sulfonamides is 1. The van der Waals surface area contributed by atoms with Crippen molar-refractivity contribution < 1.29 is 27.5 Å². The Morgan fingerprint density at radius 3 is 2.61 bits per heavy atom. The van der Waals surface area contributed by atoms with E-state index < -0.39 is 46.1 Å². The number of rotatable bonds is 8. The molecule has 1 aliphatic carbocycles. The van der Waals surface area contributed by atoms with Crippen molar-refractivity contribution in [3.8, 4) is 0 Å². The molecule has 1 saturated heterocycles. The van der Waals surface area contributed by atoms with E-state index in [0.717, 1.165) is 32.1 Å². The van der Waals surface area contributed by atoms with Gasteiger partial charge in [-0.25, -0.2) is 13.4 Å². The highest BCUT2D eigenvalue weighted by molar-refractivity contribution is 7.89. The Balaban J connectivity index is 1.48. The van der Waals surface area contributed by atoms with Crippen LogP contribution < -0.4 is 10.6 Å². The molecule has 2 fully saturated rings. The normalized spacial score (nSPS) is 25.2. The lowest BCUT2D eigenvalue weighted by Crippen LogP contribution is -2.55. The van der Waals surface area contributed by atoms with Gasteiger partial charge in [-0.3, -0.25) is 9.59 Å². The van der Waals surface area contributed by atoms with Crippen molar-refractivity contribution >= 4 is 21.8 Å². The van der Waals surface area contributed by atoms with Gasteiger partial charge in [0, 0.05) is 18.8 Å². The van der Waals surface area contributed by atoms with Crippen molar-refractivity contribution in [1.82, 2.24) is 19.9 Å². The van der Waals surface area contributed by atoms with Gasteiger partial charge < -0.3 is 20.2 Å². The van der Waals surface area contributed by atoms with Crippen LogP contribution in [0.15, 0.2) is 52.2 Å². The van der Waals surface area contributed by atoms with Crippen LogP contribution in [0.1, 0.15) is 75.8 Å². The van der Waals surface area contributed by atoms with Gasteiger partial charge >= 0.3 is 0 Å². The smallest absolute Gasteiger partial charge is 0.287 e. The van der Waals surface area contributed by atoms with Crippen LogP contribution in [0.25, 0.3) is 0 Å². The summed E-state index contributed by atoms with van der Waals surface area (Å²) in [6.45, 7) is 3.76. The molecule has 2 aromatic heterocycles. The molecule has 1 unspecified atom stereocenters. The van der Waals surface area contributed by atoms with Gasteiger partial charge in [0.25, 0.3) is 15.9 Å². The zero-order valence-corrected chi connectivity index (χ0v) is 22.8. The molecule has 1 aliphatic heterocycles. The average molecular weight is 547 g/mol. The highest BCUT2D eigenvalue weighted by atomic mass is 32.2. The number of hydrogen-bond donors (Lipinski definition) is 3. The Morgan fingerprint density at radius 1 is 1.18 bits per heavy atom. The number of amides is 2. The summed E-state index contributed by atoms with van der Waals surface area (Å²) >= 11 is 0. The highest BCUT2D eigenvalue weighted by Gasteiger charge is 2.39. The van der Waals surface area contributed by atoms with Crippen LogP contribution in [0.5, 0.6) is 0 Å². The van der Waals surface area contributed by atoms with Gasteiger partial charge in [0.1, 0.15) is 6.04 Å². The third-order valence-corrected chi connectivity index (χ3v) is 9.78. The predicted molar refractivity (Wildman–Crippen MR) is 141 cm³/mol. The number of nitrogens with one attached hydrogen (secondary N) is 2. The highest BCUT2D eigenvalue weighted by Crippen LogP contribution is 2.39. The van der Waals surface area contributed by atoms with Crippen LogP contribution in [-0.4, -0.2) is 65.4 Å². The molecule has 0 bridgehead atoms. The SMILES string of the molecule is C[C@@H]1CC[C@H](NC(=O)C(CC2(C)CCCCC2)NC(=O)c2ccco2)[C@@H](O)CN1S(=O)(=O)c1ccccn1. The third-order valence-electron chi connectivity index (χ3n) is 7.88. The first-order chi connectivity index (χ1) is 18.1. The van der Waals surface area contributed by atoms with E-state index in [2.05, 4.69) is 22.5 Å². The molecule has 4 rings (SSSR count). The minimum Gasteiger partial charge on any atom is -0.459 e. The molecule has 0 aromatic carbocycles. The quantitative estimate of drug-likeness (QED) is 0.462. The van der Waals surface area contributed by atoms with Crippen LogP contribution in [0.4, 0.5) is 0 Å². The first kappa shape index (κ1) is 28.3. The molecule has 38 heavy (non-hydrogen) atoms. The number of aliphatic hydroxyl groups is 1. The molecule has 1 saturated carbocycles. The minimum absolute atomic E-state index is 0.0806. The summed E-state index contributed by atoms with van der Waals surface area (Å²) in [5.41, 5.74) is -0.0964. The van der Waals surface area contributed by atoms with E-state index in [-0.39, 0.29) is 22.7 Å². The molecule has 0 radical (unpaired) electrons. The van der Waals surface area contributed by atoms with Gasteiger partial charge in [0.2, 0.25) is 5.91 Å². The van der Waals surface area contributed by atoms with E-state index in [0.29, 0.717) is 19.3 Å². The van der Waals surface area contributed by atoms with Crippen LogP contribution in [0, 0.1) is 5.41 Å². The van der Waals surface area contributed by atoms with Gasteiger partial charge in [-0.15, -0.1) is 0 Å². The largest absolute Gasteiger partial charge is 0.459 e. The Labute approximate surface area is 224 Å². The molecule has 2 aromatic rings. The zero-order valence-electron chi connectivity index (χ0n) is 22.0. The summed E-state index contributed by atoms with van der Waals surface area (Å²) in [7, 11) is -3.92. The van der Waals surface area contributed by atoms with Crippen molar-refractivity contribution in [2.24, 2.45) is 5.41 Å². The van der Waals surface area contributed by atoms with E-state index in [4.69, 9.17) is 4.42 Å². The lowest BCUT2D eigenvalue weighted by Gasteiger charge is -2.37. The van der Waals surface area contributed by atoms with Gasteiger partial charge in [-0.1, -0.05) is 32.3 Å². The molecule has 4 atom stereocenters. The molecule has 2 aliphatic rings. The molecule has 0 spiro atoms. The Morgan fingerprint density at radius 2 is 1.95 bits per heavy atom. The number of aromatic nitrogens is 1. The van der Waals surface area contributed by atoms with Gasteiger partial charge in [-0.05, 0) is 68.7 Å². The fourth-order valence-corrected chi connectivity index (χ4v) is 7.22. The molecule has 11 heteroatoms. The van der Waals surface area contributed by atoms with E-state index in [9.17, 15) is 23.1 Å². The second-order valence-electron chi connectivity index (χ2n) is 10.9. The molecule has 3 N–H and O–H groups in total. The van der Waals surface area contributed by atoms with Gasteiger partial charge in [0.05, 0.1) is 18.4 Å². The second kappa shape index (κ2) is 12.0. The fourth-order valence-electron chi connectivity index (χ4n) is 5.60. The lowest BCUT2D eigenvalue weighted by atomic mass is 9.71. The molecular weight excluding hydrogens is 508 g/mol. The number of hydrogen-bond acceptors (Lipinski definition) is 7. The maximum Gasteiger partial charge on any atom is 0.287 e. The first-order valence-corrected chi connectivity index (χ1v) is 14.8. The van der Waals surface area contributed by atoms with Crippen molar-refractivity contribution in [1.29, 1.82) is 0 Å². The third kappa shape index (κ3) is 6.62. The summed E-state index contributed by atoms with van der Waals surface area (Å²) in [5, 5.41) is 16.7. The number of carbonyl (C=O) groups excluding carboxylic acids is 2. The monoisotopic (exact) mass is 546 g/mol. The first-order valence-electron chi connectivity index (χ1n) is 13.3. The summed E-state index contributed by atoms with van der Waals surface area (Å²) < 4.78 is 32.9. The summed E-state index contributed by atoms with van der Waals surface area (Å²) in [6, 6.07) is 5.94. The van der Waals surface area contributed by atoms with Crippen molar-refractivity contribution in [2.75, 3.05) is 6.54 Å². The van der Waals surface area contributed by atoms with Crippen molar-refractivity contribution in [3.63, 3.8) is 0 Å². The van der Waals surface area contributed by atoms with Crippen molar-refractivity contribution in [2.45, 2.75) is 94.5 Å². The lowest BCUT2D eigenvalue weighted by molar-refractivity contribution is -0.125. The standard InChI is InChI=1S/C27H38N4O6S/c1-19-11-12-20(22(32)18-31(19)38(35,36)24-10-4-7-15-28-24)29-25(33)21(17-27(2)13-5-3-6-14-27)30-26(34)23-9-8-16-37-23/h4,7-10,15-16,19-22,32H,3,5-6,11-14,17-18H2,1-2H3,(H,29,33)(H,30,34)/t19-,20+,21?,22+/m1/s1. The summed E-state index contributed by atoms with van der Waals surface area (Å²) in [6.07, 6.45) is 8.24. The summed E-state index contributed by atoms with van der Waals surface area (Å²) in [4.78, 5) is 30.3. The fraction of sp³-hybridized carbons (Fsp3) is 0.593. The van der Waals surface area contributed by atoms with E-state index in [1.807, 2.05) is 0 Å². The topological polar surface area (TPSA) is 142 Å². The maximum atomic E-state index is 13.6. The zero-order chi connectivity index (χ0) is 27.3. The Kier molecular flexibility index (Phi) is 8.89. The van der Waals surface area contributed by atoms with E-state index in [1.165, 1.54) is 22.8 Å². The van der Waals surface area contributed by atoms with Crippen LogP contribution in [0.3, 0.4) is 0 Å².